The van der Waals surface area contributed by atoms with Gasteiger partial charge in [0.25, 0.3) is 0 Å². The van der Waals surface area contributed by atoms with Crippen molar-refractivity contribution in [2.24, 2.45) is 0 Å². The first-order chi connectivity index (χ1) is 11.6. The molecule has 4 nitrogen and oxygen atoms in total. The number of rotatable bonds is 14. The highest BCUT2D eigenvalue weighted by atomic mass is 16.5. The monoisotopic (exact) mass is 340 g/mol. The molecule has 0 aromatic heterocycles. The van der Waals surface area contributed by atoms with Crippen LogP contribution in [0.5, 0.6) is 0 Å². The van der Waals surface area contributed by atoms with E-state index < -0.39 is 11.9 Å². The van der Waals surface area contributed by atoms with Crippen molar-refractivity contribution in [2.75, 3.05) is 14.2 Å². The van der Waals surface area contributed by atoms with Gasteiger partial charge in [0.2, 0.25) is 0 Å². The van der Waals surface area contributed by atoms with Gasteiger partial charge in [-0.05, 0) is 25.7 Å². The molecule has 0 radical (unpaired) electrons. The van der Waals surface area contributed by atoms with Crippen molar-refractivity contribution < 1.29 is 19.1 Å². The fourth-order valence-electron chi connectivity index (χ4n) is 2.79. The molecule has 0 saturated carbocycles. The number of hydrogen-bond donors (Lipinski definition) is 0. The van der Waals surface area contributed by atoms with E-state index in [1.807, 2.05) is 0 Å². The first-order valence-electron chi connectivity index (χ1n) is 9.50. The third kappa shape index (κ3) is 9.74. The lowest BCUT2D eigenvalue weighted by molar-refractivity contribution is -0.139. The Kier molecular flexibility index (Phi) is 14.4. The summed E-state index contributed by atoms with van der Waals surface area (Å²) < 4.78 is 9.75. The number of hydrogen-bond acceptors (Lipinski definition) is 4. The van der Waals surface area contributed by atoms with Crippen molar-refractivity contribution in [3.05, 3.63) is 11.1 Å². The Morgan fingerprint density at radius 3 is 1.38 bits per heavy atom. The van der Waals surface area contributed by atoms with Crippen LogP contribution in [-0.2, 0) is 19.1 Å². The highest BCUT2D eigenvalue weighted by molar-refractivity contribution is 6.00. The van der Waals surface area contributed by atoms with E-state index in [4.69, 9.17) is 9.47 Å². The Morgan fingerprint density at radius 1 is 0.583 bits per heavy atom. The summed E-state index contributed by atoms with van der Waals surface area (Å²) >= 11 is 0. The molecule has 0 fully saturated rings. The van der Waals surface area contributed by atoms with Crippen LogP contribution < -0.4 is 0 Å². The van der Waals surface area contributed by atoms with Gasteiger partial charge in [-0.25, -0.2) is 9.59 Å². The molecule has 0 heterocycles. The minimum Gasteiger partial charge on any atom is -0.466 e. The second-order valence-corrected chi connectivity index (χ2v) is 6.27. The van der Waals surface area contributed by atoms with Gasteiger partial charge in [-0.1, -0.05) is 65.2 Å². The Morgan fingerprint density at radius 2 is 0.958 bits per heavy atom. The van der Waals surface area contributed by atoms with Crippen molar-refractivity contribution >= 4 is 11.9 Å². The maximum absolute atomic E-state index is 12.1. The van der Waals surface area contributed by atoms with Crippen LogP contribution in [-0.4, -0.2) is 26.2 Å². The normalized spacial score (nSPS) is 11.8. The molecule has 0 spiro atoms. The van der Waals surface area contributed by atoms with Crippen LogP contribution in [0.25, 0.3) is 0 Å². The molecule has 0 atom stereocenters. The molecule has 24 heavy (non-hydrogen) atoms. The average molecular weight is 341 g/mol. The Labute approximate surface area is 148 Å². The van der Waals surface area contributed by atoms with Gasteiger partial charge in [0.1, 0.15) is 0 Å². The van der Waals surface area contributed by atoms with Crippen LogP contribution in [0.2, 0.25) is 0 Å². The molecular weight excluding hydrogens is 304 g/mol. The number of ether oxygens (including phenoxy) is 2. The minimum atomic E-state index is -0.400. The Balaban J connectivity index is 4.59. The molecule has 0 N–H and O–H groups in total. The van der Waals surface area contributed by atoms with E-state index in [1.165, 1.54) is 52.7 Å². The first-order valence-corrected chi connectivity index (χ1v) is 9.50. The molecular formula is C20H36O4. The number of carbonyl (C=O) groups excluding carboxylic acids is 2. The van der Waals surface area contributed by atoms with E-state index in [1.54, 1.807) is 0 Å². The molecule has 0 aromatic carbocycles. The summed E-state index contributed by atoms with van der Waals surface area (Å²) in [6.45, 7) is 4.28. The summed E-state index contributed by atoms with van der Waals surface area (Å²) in [6, 6.07) is 0. The summed E-state index contributed by atoms with van der Waals surface area (Å²) in [5, 5.41) is 0. The topological polar surface area (TPSA) is 52.6 Å². The predicted molar refractivity (Wildman–Crippen MR) is 97.8 cm³/mol. The first kappa shape index (κ1) is 22.7. The van der Waals surface area contributed by atoms with Crippen LogP contribution in [0.1, 0.15) is 90.9 Å². The van der Waals surface area contributed by atoms with E-state index in [9.17, 15) is 9.59 Å². The van der Waals surface area contributed by atoms with Gasteiger partial charge in [-0.15, -0.1) is 0 Å². The highest BCUT2D eigenvalue weighted by Gasteiger charge is 2.21. The molecule has 0 aromatic rings. The van der Waals surface area contributed by atoms with Crippen LogP contribution in [0.3, 0.4) is 0 Å². The van der Waals surface area contributed by atoms with Gasteiger partial charge >= 0.3 is 11.9 Å². The smallest absolute Gasteiger partial charge is 0.334 e. The maximum Gasteiger partial charge on any atom is 0.334 e. The average Bonchev–Trinajstić information content (AvgIpc) is 2.61. The molecule has 0 unspecified atom stereocenters. The van der Waals surface area contributed by atoms with Gasteiger partial charge in [0.15, 0.2) is 0 Å². The molecule has 0 rings (SSSR count). The quantitative estimate of drug-likeness (QED) is 0.243. The molecule has 0 aliphatic carbocycles. The van der Waals surface area contributed by atoms with Crippen molar-refractivity contribution in [1.82, 2.24) is 0 Å². The molecule has 0 amide bonds. The zero-order chi connectivity index (χ0) is 18.2. The van der Waals surface area contributed by atoms with Gasteiger partial charge in [-0.2, -0.15) is 0 Å². The Hall–Kier alpha value is -1.32. The lowest BCUT2D eigenvalue weighted by atomic mass is 9.97. The third-order valence-corrected chi connectivity index (χ3v) is 4.29. The zero-order valence-electron chi connectivity index (χ0n) is 16.1. The number of esters is 2. The maximum atomic E-state index is 12.1. The van der Waals surface area contributed by atoms with Crippen LogP contribution >= 0.6 is 0 Å². The van der Waals surface area contributed by atoms with Crippen LogP contribution in [0, 0.1) is 0 Å². The second kappa shape index (κ2) is 15.2. The largest absolute Gasteiger partial charge is 0.466 e. The molecule has 0 aliphatic rings. The van der Waals surface area contributed by atoms with E-state index in [0.29, 0.717) is 24.0 Å². The second-order valence-electron chi connectivity index (χ2n) is 6.27. The lowest BCUT2D eigenvalue weighted by Crippen LogP contribution is -2.15. The summed E-state index contributed by atoms with van der Waals surface area (Å²) in [5.41, 5.74) is 0.998. The fraction of sp³-hybridized carbons (Fsp3) is 0.800. The van der Waals surface area contributed by atoms with Crippen molar-refractivity contribution in [1.29, 1.82) is 0 Å². The number of methoxy groups -OCH3 is 2. The lowest BCUT2D eigenvalue weighted by Gasteiger charge is -2.12. The third-order valence-electron chi connectivity index (χ3n) is 4.29. The number of unbranched alkanes of at least 4 members (excludes halogenated alkanes) is 8. The van der Waals surface area contributed by atoms with E-state index >= 15 is 0 Å². The van der Waals surface area contributed by atoms with Gasteiger partial charge in [-0.3, -0.25) is 0 Å². The Bertz CT molecular complexity index is 385. The fourth-order valence-corrected chi connectivity index (χ4v) is 2.79. The van der Waals surface area contributed by atoms with Gasteiger partial charge in [0, 0.05) is 11.1 Å². The zero-order valence-corrected chi connectivity index (χ0v) is 16.1. The molecule has 0 saturated heterocycles. The predicted octanol–water partition coefficient (Wildman–Crippen LogP) is 5.35. The van der Waals surface area contributed by atoms with Gasteiger partial charge < -0.3 is 9.47 Å². The molecule has 0 bridgehead atoms. The van der Waals surface area contributed by atoms with Crippen molar-refractivity contribution in [3.63, 3.8) is 0 Å². The van der Waals surface area contributed by atoms with E-state index in [0.717, 1.165) is 25.7 Å². The van der Waals surface area contributed by atoms with Crippen molar-refractivity contribution in [3.8, 4) is 0 Å². The number of carbonyl (C=O) groups is 2. The van der Waals surface area contributed by atoms with Crippen molar-refractivity contribution in [2.45, 2.75) is 90.9 Å². The molecule has 4 heteroatoms. The SMILES string of the molecule is CCCCCCCCCC/C(C(=O)OC)=C(\CCCC)C(=O)OC. The van der Waals surface area contributed by atoms with Gasteiger partial charge in [0.05, 0.1) is 14.2 Å². The standard InChI is InChI=1S/C20H36O4/c1-5-7-9-10-11-12-13-14-16-18(20(22)24-4)17(15-8-6-2)19(21)23-3/h5-16H2,1-4H3/b18-17-. The van der Waals surface area contributed by atoms with Crippen LogP contribution in [0.15, 0.2) is 11.1 Å². The summed E-state index contributed by atoms with van der Waals surface area (Å²) in [6.07, 6.45) is 12.6. The molecule has 140 valence electrons. The highest BCUT2D eigenvalue weighted by Crippen LogP contribution is 2.21. The van der Waals surface area contributed by atoms with E-state index in [-0.39, 0.29) is 0 Å². The summed E-state index contributed by atoms with van der Waals surface area (Å²) in [4.78, 5) is 24.1. The minimum absolute atomic E-state index is 0.394. The van der Waals surface area contributed by atoms with Crippen LogP contribution in [0.4, 0.5) is 0 Å². The summed E-state index contributed by atoms with van der Waals surface area (Å²) in [5.74, 6) is -0.794. The van der Waals surface area contributed by atoms with E-state index in [2.05, 4.69) is 13.8 Å². The molecule has 0 aliphatic heterocycles. The summed E-state index contributed by atoms with van der Waals surface area (Å²) in [7, 11) is 2.73.